The number of nitrogens with zero attached hydrogens (tertiary/aromatic N) is 2. The highest BCUT2D eigenvalue weighted by atomic mass is 16.5. The van der Waals surface area contributed by atoms with Crippen molar-refractivity contribution in [2.24, 2.45) is 0 Å². The quantitative estimate of drug-likeness (QED) is 0.839. The van der Waals surface area contributed by atoms with Crippen molar-refractivity contribution in [1.82, 2.24) is 9.80 Å². The Morgan fingerprint density at radius 1 is 0.931 bits per heavy atom. The molecule has 0 bridgehead atoms. The maximum absolute atomic E-state index is 12.5. The molecule has 0 aromatic heterocycles. The molecule has 0 atom stereocenters. The van der Waals surface area contributed by atoms with E-state index in [0.29, 0.717) is 39.2 Å². The molecule has 0 aliphatic carbocycles. The molecule has 1 N–H and O–H groups in total. The van der Waals surface area contributed by atoms with Crippen molar-refractivity contribution in [3.05, 3.63) is 59.2 Å². The Morgan fingerprint density at radius 3 is 2.31 bits per heavy atom. The minimum Gasteiger partial charge on any atom is -0.493 e. The first-order chi connectivity index (χ1) is 13.9. The van der Waals surface area contributed by atoms with Crippen LogP contribution >= 0.6 is 0 Å². The van der Waals surface area contributed by atoms with Gasteiger partial charge in [0.05, 0.1) is 13.0 Å². The summed E-state index contributed by atoms with van der Waals surface area (Å²) >= 11 is 0. The van der Waals surface area contributed by atoms with E-state index >= 15 is 0 Å². The van der Waals surface area contributed by atoms with Gasteiger partial charge in [0, 0.05) is 31.9 Å². The van der Waals surface area contributed by atoms with Crippen LogP contribution in [0.5, 0.6) is 5.75 Å². The molecule has 6 nitrogen and oxygen atoms in total. The molecule has 0 saturated carbocycles. The SMILES string of the molecule is Cc1cccc(NC(=O)N2CCN(C(=O)CCOc3ccc(C)cc3C)CC2)c1. The predicted octanol–water partition coefficient (Wildman–Crippen LogP) is 3.76. The zero-order valence-corrected chi connectivity index (χ0v) is 17.4. The van der Waals surface area contributed by atoms with Crippen molar-refractivity contribution in [3.8, 4) is 5.75 Å². The second-order valence-electron chi connectivity index (χ2n) is 7.53. The number of piperazine rings is 1. The van der Waals surface area contributed by atoms with Crippen LogP contribution in [-0.2, 0) is 4.79 Å². The Bertz CT molecular complexity index is 873. The van der Waals surface area contributed by atoms with E-state index in [1.54, 1.807) is 4.90 Å². The van der Waals surface area contributed by atoms with Crippen molar-refractivity contribution in [3.63, 3.8) is 0 Å². The van der Waals surface area contributed by atoms with Gasteiger partial charge in [0.25, 0.3) is 0 Å². The normalized spacial score (nSPS) is 13.9. The molecule has 3 amide bonds. The molecule has 1 aliphatic heterocycles. The molecule has 1 fully saturated rings. The Hall–Kier alpha value is -3.02. The molecule has 154 valence electrons. The molecule has 0 radical (unpaired) electrons. The lowest BCUT2D eigenvalue weighted by molar-refractivity contribution is -0.133. The maximum Gasteiger partial charge on any atom is 0.321 e. The Labute approximate surface area is 172 Å². The first kappa shape index (κ1) is 20.7. The van der Waals surface area contributed by atoms with Gasteiger partial charge < -0.3 is 19.9 Å². The number of carbonyl (C=O) groups is 2. The largest absolute Gasteiger partial charge is 0.493 e. The molecule has 0 unspecified atom stereocenters. The monoisotopic (exact) mass is 395 g/mol. The fraction of sp³-hybridized carbons (Fsp3) is 0.391. The van der Waals surface area contributed by atoms with Crippen LogP contribution in [0.15, 0.2) is 42.5 Å². The van der Waals surface area contributed by atoms with Crippen LogP contribution in [-0.4, -0.2) is 54.5 Å². The van der Waals surface area contributed by atoms with Gasteiger partial charge in [-0.25, -0.2) is 4.79 Å². The van der Waals surface area contributed by atoms with Crippen molar-refractivity contribution < 1.29 is 14.3 Å². The second kappa shape index (κ2) is 9.45. The Morgan fingerprint density at radius 2 is 1.62 bits per heavy atom. The lowest BCUT2D eigenvalue weighted by Crippen LogP contribution is -2.51. The lowest BCUT2D eigenvalue weighted by atomic mass is 10.1. The summed E-state index contributed by atoms with van der Waals surface area (Å²) < 4.78 is 5.77. The number of nitrogens with one attached hydrogen (secondary N) is 1. The van der Waals surface area contributed by atoms with Crippen LogP contribution in [0.4, 0.5) is 10.5 Å². The number of hydrogen-bond donors (Lipinski definition) is 1. The summed E-state index contributed by atoms with van der Waals surface area (Å²) in [5.41, 5.74) is 4.15. The number of hydrogen-bond acceptors (Lipinski definition) is 3. The smallest absolute Gasteiger partial charge is 0.321 e. The third-order valence-electron chi connectivity index (χ3n) is 5.09. The number of amides is 3. The third kappa shape index (κ3) is 5.73. The van der Waals surface area contributed by atoms with Gasteiger partial charge in [-0.15, -0.1) is 0 Å². The number of carbonyl (C=O) groups excluding carboxylic acids is 2. The van der Waals surface area contributed by atoms with E-state index in [2.05, 4.69) is 11.4 Å². The van der Waals surface area contributed by atoms with E-state index in [1.807, 2.05) is 62.1 Å². The summed E-state index contributed by atoms with van der Waals surface area (Å²) in [5, 5.41) is 2.92. The highest BCUT2D eigenvalue weighted by molar-refractivity contribution is 5.89. The highest BCUT2D eigenvalue weighted by Crippen LogP contribution is 2.19. The maximum atomic E-state index is 12.5. The standard InChI is InChI=1S/C23H29N3O3/c1-17-5-4-6-20(16-17)24-23(28)26-12-10-25(11-13-26)22(27)9-14-29-21-8-7-18(2)15-19(21)3/h4-8,15-16H,9-14H2,1-3H3,(H,24,28). The van der Waals surface area contributed by atoms with Crippen molar-refractivity contribution in [2.75, 3.05) is 38.1 Å². The summed E-state index contributed by atoms with van der Waals surface area (Å²) in [7, 11) is 0. The number of anilines is 1. The topological polar surface area (TPSA) is 61.9 Å². The van der Waals surface area contributed by atoms with E-state index in [0.717, 1.165) is 22.6 Å². The number of ether oxygens (including phenoxy) is 1. The summed E-state index contributed by atoms with van der Waals surface area (Å²) in [6, 6.07) is 13.6. The van der Waals surface area contributed by atoms with Crippen LogP contribution in [0, 0.1) is 20.8 Å². The fourth-order valence-corrected chi connectivity index (χ4v) is 3.45. The van der Waals surface area contributed by atoms with Crippen molar-refractivity contribution in [2.45, 2.75) is 27.2 Å². The first-order valence-electron chi connectivity index (χ1n) is 10.0. The van der Waals surface area contributed by atoms with Crippen molar-refractivity contribution >= 4 is 17.6 Å². The van der Waals surface area contributed by atoms with Crippen LogP contribution in [0.1, 0.15) is 23.1 Å². The molecule has 1 saturated heterocycles. The first-order valence-corrected chi connectivity index (χ1v) is 10.0. The van der Waals surface area contributed by atoms with Gasteiger partial charge in [-0.1, -0.05) is 29.8 Å². The van der Waals surface area contributed by atoms with Gasteiger partial charge in [-0.05, 0) is 50.1 Å². The van der Waals surface area contributed by atoms with E-state index in [1.165, 1.54) is 5.56 Å². The molecule has 0 spiro atoms. The zero-order valence-electron chi connectivity index (χ0n) is 17.4. The summed E-state index contributed by atoms with van der Waals surface area (Å²) in [6.45, 7) is 8.54. The van der Waals surface area contributed by atoms with Crippen LogP contribution in [0.3, 0.4) is 0 Å². The van der Waals surface area contributed by atoms with Gasteiger partial charge in [-0.2, -0.15) is 0 Å². The number of benzene rings is 2. The minimum absolute atomic E-state index is 0.0634. The van der Waals surface area contributed by atoms with Gasteiger partial charge in [0.15, 0.2) is 0 Å². The predicted molar refractivity (Wildman–Crippen MR) is 114 cm³/mol. The van der Waals surface area contributed by atoms with Gasteiger partial charge >= 0.3 is 6.03 Å². The van der Waals surface area contributed by atoms with Crippen molar-refractivity contribution in [1.29, 1.82) is 0 Å². The van der Waals surface area contributed by atoms with Crippen LogP contribution in [0.25, 0.3) is 0 Å². The van der Waals surface area contributed by atoms with E-state index in [4.69, 9.17) is 4.74 Å². The fourth-order valence-electron chi connectivity index (χ4n) is 3.45. The number of aryl methyl sites for hydroxylation is 3. The summed E-state index contributed by atoms with van der Waals surface area (Å²) in [6.07, 6.45) is 0.336. The molecule has 2 aromatic carbocycles. The van der Waals surface area contributed by atoms with Gasteiger partial charge in [0.2, 0.25) is 5.91 Å². The average molecular weight is 396 g/mol. The average Bonchev–Trinajstić information content (AvgIpc) is 2.69. The van der Waals surface area contributed by atoms with E-state index in [-0.39, 0.29) is 11.9 Å². The third-order valence-corrected chi connectivity index (χ3v) is 5.09. The van der Waals surface area contributed by atoms with E-state index < -0.39 is 0 Å². The number of urea groups is 1. The molecule has 3 rings (SSSR count). The molecule has 1 aliphatic rings. The lowest BCUT2D eigenvalue weighted by Gasteiger charge is -2.34. The second-order valence-corrected chi connectivity index (χ2v) is 7.53. The van der Waals surface area contributed by atoms with E-state index in [9.17, 15) is 9.59 Å². The molecule has 6 heteroatoms. The van der Waals surface area contributed by atoms with Crippen LogP contribution < -0.4 is 10.1 Å². The number of rotatable bonds is 5. The van der Waals surface area contributed by atoms with Gasteiger partial charge in [-0.3, -0.25) is 4.79 Å². The highest BCUT2D eigenvalue weighted by Gasteiger charge is 2.24. The van der Waals surface area contributed by atoms with Crippen LogP contribution in [0.2, 0.25) is 0 Å². The minimum atomic E-state index is -0.124. The molecular formula is C23H29N3O3. The summed E-state index contributed by atoms with van der Waals surface area (Å²) in [4.78, 5) is 28.4. The summed E-state index contributed by atoms with van der Waals surface area (Å²) in [5.74, 6) is 0.884. The Kier molecular flexibility index (Phi) is 6.75. The van der Waals surface area contributed by atoms with Gasteiger partial charge in [0.1, 0.15) is 5.75 Å². The molecule has 1 heterocycles. The zero-order chi connectivity index (χ0) is 20.8. The molecule has 2 aromatic rings. The molecule has 29 heavy (non-hydrogen) atoms. The molecular weight excluding hydrogens is 366 g/mol. The Balaban J connectivity index is 1.41.